The van der Waals surface area contributed by atoms with E-state index in [1.54, 1.807) is 12.1 Å². The van der Waals surface area contributed by atoms with Crippen LogP contribution in [0.3, 0.4) is 0 Å². The lowest BCUT2D eigenvalue weighted by atomic mass is 10.1. The summed E-state index contributed by atoms with van der Waals surface area (Å²) in [5, 5.41) is 18.6. The van der Waals surface area contributed by atoms with E-state index in [-0.39, 0.29) is 26.0 Å². The van der Waals surface area contributed by atoms with Gasteiger partial charge in [0.15, 0.2) is 0 Å². The average molecular weight is 336 g/mol. The van der Waals surface area contributed by atoms with Crippen molar-refractivity contribution in [2.45, 2.75) is 37.6 Å². The van der Waals surface area contributed by atoms with Crippen molar-refractivity contribution in [3.8, 4) is 0 Å². The summed E-state index contributed by atoms with van der Waals surface area (Å²) >= 11 is 0. The van der Waals surface area contributed by atoms with Crippen LogP contribution in [0.2, 0.25) is 0 Å². The van der Waals surface area contributed by atoms with Crippen molar-refractivity contribution in [3.05, 3.63) is 35.9 Å². The van der Waals surface area contributed by atoms with Crippen LogP contribution in [0.4, 0.5) is 0 Å². The molecule has 4 N–H and O–H groups in total. The summed E-state index contributed by atoms with van der Waals surface area (Å²) in [4.78, 5) is 36.2. The molecule has 0 aliphatic carbocycles. The lowest BCUT2D eigenvalue weighted by Gasteiger charge is -2.24. The minimum atomic E-state index is -1.21. The molecule has 0 saturated carbocycles. The largest absolute Gasteiger partial charge is 0.480 e. The number of aliphatic hydroxyl groups is 1. The van der Waals surface area contributed by atoms with Gasteiger partial charge in [0.05, 0.1) is 18.6 Å². The van der Waals surface area contributed by atoms with Crippen LogP contribution in [0.1, 0.15) is 18.4 Å². The van der Waals surface area contributed by atoms with Crippen LogP contribution in [0.5, 0.6) is 0 Å². The smallest absolute Gasteiger partial charge is 0.326 e. The summed E-state index contributed by atoms with van der Waals surface area (Å²) in [6.45, 7) is -0.0384. The number of carbonyl (C=O) groups is 3. The number of ether oxygens (including phenoxy) is 1. The number of carboxylic acid groups (broad SMARTS) is 1. The van der Waals surface area contributed by atoms with Gasteiger partial charge >= 0.3 is 11.9 Å². The lowest BCUT2D eigenvalue weighted by Crippen LogP contribution is -2.49. The van der Waals surface area contributed by atoms with Gasteiger partial charge < -0.3 is 25.6 Å². The number of esters is 1. The Morgan fingerprint density at radius 3 is 2.58 bits per heavy atom. The molecule has 1 fully saturated rings. The van der Waals surface area contributed by atoms with E-state index in [0.29, 0.717) is 0 Å². The van der Waals surface area contributed by atoms with Gasteiger partial charge in [0, 0.05) is 13.0 Å². The van der Waals surface area contributed by atoms with Crippen molar-refractivity contribution in [2.24, 2.45) is 5.73 Å². The third-order valence-corrected chi connectivity index (χ3v) is 3.79. The fraction of sp³-hybridized carbons (Fsp3) is 0.438. The van der Waals surface area contributed by atoms with Crippen molar-refractivity contribution < 1.29 is 29.3 Å². The number of benzene rings is 1. The molecule has 1 aromatic rings. The molecule has 130 valence electrons. The Morgan fingerprint density at radius 2 is 1.96 bits per heavy atom. The SMILES string of the molecule is N[C@@H](CC(=O)OCc1ccccc1)C(=O)N1C[C@H](O)C[C@H]1C(=O)O. The fourth-order valence-electron chi connectivity index (χ4n) is 2.57. The van der Waals surface area contributed by atoms with Crippen molar-refractivity contribution in [1.29, 1.82) is 0 Å². The maximum Gasteiger partial charge on any atom is 0.326 e. The first kappa shape index (κ1) is 17.9. The third kappa shape index (κ3) is 4.53. The molecule has 1 aromatic carbocycles. The molecule has 0 unspecified atom stereocenters. The quantitative estimate of drug-likeness (QED) is 0.597. The molecular formula is C16H20N2O6. The highest BCUT2D eigenvalue weighted by molar-refractivity contribution is 5.90. The van der Waals surface area contributed by atoms with E-state index in [0.717, 1.165) is 10.5 Å². The molecule has 3 atom stereocenters. The Hall–Kier alpha value is -2.45. The molecule has 0 spiro atoms. The molecule has 1 amide bonds. The number of aliphatic hydroxyl groups excluding tert-OH is 1. The Bertz CT molecular complexity index is 606. The molecule has 1 aliphatic rings. The van der Waals surface area contributed by atoms with Gasteiger partial charge in [-0.2, -0.15) is 0 Å². The number of carbonyl (C=O) groups excluding carboxylic acids is 2. The van der Waals surface area contributed by atoms with Gasteiger partial charge in [0.1, 0.15) is 12.6 Å². The number of rotatable bonds is 6. The Labute approximate surface area is 138 Å². The second-order valence-electron chi connectivity index (χ2n) is 5.69. The summed E-state index contributed by atoms with van der Waals surface area (Å²) in [5.74, 6) is -2.54. The summed E-state index contributed by atoms with van der Waals surface area (Å²) in [6, 6.07) is 6.71. The number of amides is 1. The predicted octanol–water partition coefficient (Wildman–Crippen LogP) is -0.506. The molecule has 0 radical (unpaired) electrons. The molecular weight excluding hydrogens is 316 g/mol. The van der Waals surface area contributed by atoms with Gasteiger partial charge in [-0.25, -0.2) is 4.79 Å². The highest BCUT2D eigenvalue weighted by Gasteiger charge is 2.40. The van der Waals surface area contributed by atoms with Crippen LogP contribution < -0.4 is 5.73 Å². The second-order valence-corrected chi connectivity index (χ2v) is 5.69. The lowest BCUT2D eigenvalue weighted by molar-refractivity contribution is -0.151. The maximum absolute atomic E-state index is 12.2. The number of aliphatic carboxylic acids is 1. The highest BCUT2D eigenvalue weighted by atomic mass is 16.5. The molecule has 1 saturated heterocycles. The first-order valence-corrected chi connectivity index (χ1v) is 7.55. The summed E-state index contributed by atoms with van der Waals surface area (Å²) in [6.07, 6.45) is -1.32. The number of hydrogen-bond donors (Lipinski definition) is 3. The third-order valence-electron chi connectivity index (χ3n) is 3.79. The second kappa shape index (κ2) is 7.89. The minimum absolute atomic E-state index is 0.0494. The molecule has 8 heteroatoms. The Morgan fingerprint density at radius 1 is 1.29 bits per heavy atom. The number of nitrogens with two attached hydrogens (primary N) is 1. The summed E-state index contributed by atoms with van der Waals surface area (Å²) in [5.41, 5.74) is 6.51. The molecule has 8 nitrogen and oxygen atoms in total. The van der Waals surface area contributed by atoms with E-state index in [1.165, 1.54) is 0 Å². The summed E-state index contributed by atoms with van der Waals surface area (Å²) in [7, 11) is 0. The zero-order valence-corrected chi connectivity index (χ0v) is 13.0. The van der Waals surface area contributed by atoms with E-state index in [4.69, 9.17) is 15.6 Å². The van der Waals surface area contributed by atoms with Crippen LogP contribution in [0.15, 0.2) is 30.3 Å². The van der Waals surface area contributed by atoms with Crippen molar-refractivity contribution in [3.63, 3.8) is 0 Å². The molecule has 0 bridgehead atoms. The number of β-amino-alcohol motifs (C(OH)–C–C–N with tert-alkyl or cyclic N) is 1. The molecule has 2 rings (SSSR count). The molecule has 1 heterocycles. The number of carboxylic acids is 1. The van der Waals surface area contributed by atoms with Gasteiger partial charge in [-0.1, -0.05) is 30.3 Å². The zero-order chi connectivity index (χ0) is 17.7. The number of nitrogens with zero attached hydrogens (tertiary/aromatic N) is 1. The van der Waals surface area contributed by atoms with E-state index in [9.17, 15) is 19.5 Å². The first-order valence-electron chi connectivity index (χ1n) is 7.55. The zero-order valence-electron chi connectivity index (χ0n) is 13.0. The minimum Gasteiger partial charge on any atom is -0.480 e. The van der Waals surface area contributed by atoms with Crippen molar-refractivity contribution in [2.75, 3.05) is 6.54 Å². The van der Waals surface area contributed by atoms with Crippen LogP contribution in [0, 0.1) is 0 Å². The van der Waals surface area contributed by atoms with Crippen LogP contribution in [-0.2, 0) is 25.7 Å². The van der Waals surface area contributed by atoms with Crippen LogP contribution >= 0.6 is 0 Å². The van der Waals surface area contributed by atoms with E-state index >= 15 is 0 Å². The normalized spacial score (nSPS) is 21.3. The van der Waals surface area contributed by atoms with Gasteiger partial charge in [0.2, 0.25) is 5.91 Å². The Balaban J connectivity index is 1.86. The fourth-order valence-corrected chi connectivity index (χ4v) is 2.57. The molecule has 24 heavy (non-hydrogen) atoms. The summed E-state index contributed by atoms with van der Waals surface area (Å²) < 4.78 is 5.05. The van der Waals surface area contributed by atoms with E-state index in [2.05, 4.69) is 0 Å². The first-order chi connectivity index (χ1) is 11.4. The van der Waals surface area contributed by atoms with Gasteiger partial charge in [-0.05, 0) is 5.56 Å². The molecule has 1 aliphatic heterocycles. The van der Waals surface area contributed by atoms with E-state index < -0.39 is 36.0 Å². The standard InChI is InChI=1S/C16H20N2O6/c17-12(7-14(20)24-9-10-4-2-1-3-5-10)15(21)18-8-11(19)6-13(18)16(22)23/h1-5,11-13,19H,6-9,17H2,(H,22,23)/t11-,12+,13+/m1/s1. The average Bonchev–Trinajstić information content (AvgIpc) is 2.95. The van der Waals surface area contributed by atoms with Gasteiger partial charge in [-0.15, -0.1) is 0 Å². The topological polar surface area (TPSA) is 130 Å². The number of hydrogen-bond acceptors (Lipinski definition) is 6. The highest BCUT2D eigenvalue weighted by Crippen LogP contribution is 2.19. The maximum atomic E-state index is 12.2. The van der Waals surface area contributed by atoms with Crippen molar-refractivity contribution in [1.82, 2.24) is 4.90 Å². The van der Waals surface area contributed by atoms with Crippen molar-refractivity contribution >= 4 is 17.8 Å². The van der Waals surface area contributed by atoms with Gasteiger partial charge in [0.25, 0.3) is 0 Å². The monoisotopic (exact) mass is 336 g/mol. The van der Waals surface area contributed by atoms with Gasteiger partial charge in [-0.3, -0.25) is 9.59 Å². The van der Waals surface area contributed by atoms with E-state index in [1.807, 2.05) is 18.2 Å². The number of likely N-dealkylation sites (tertiary alicyclic amines) is 1. The predicted molar refractivity (Wildman–Crippen MR) is 82.6 cm³/mol. The van der Waals surface area contributed by atoms with Crippen LogP contribution in [0.25, 0.3) is 0 Å². The molecule has 0 aromatic heterocycles. The van der Waals surface area contributed by atoms with Crippen LogP contribution in [-0.4, -0.2) is 57.7 Å². The Kier molecular flexibility index (Phi) is 5.88.